The normalized spacial score (nSPS) is 20.9. The number of sulfonamides is 1. The van der Waals surface area contributed by atoms with Crippen molar-refractivity contribution in [2.24, 2.45) is 5.92 Å². The second-order valence-corrected chi connectivity index (χ2v) is 9.47. The van der Waals surface area contributed by atoms with Crippen LogP contribution in [-0.4, -0.2) is 50.6 Å². The van der Waals surface area contributed by atoms with Crippen molar-refractivity contribution < 1.29 is 41.0 Å². The van der Waals surface area contributed by atoms with Crippen LogP contribution in [0.25, 0.3) is 0 Å². The minimum absolute atomic E-state index is 0.0156. The Labute approximate surface area is 186 Å². The van der Waals surface area contributed by atoms with Gasteiger partial charge in [-0.2, -0.15) is 0 Å². The predicted molar refractivity (Wildman–Crippen MR) is 110 cm³/mol. The zero-order chi connectivity index (χ0) is 24.0. The van der Waals surface area contributed by atoms with E-state index in [0.29, 0.717) is 0 Å². The fraction of sp³-hybridized carbons (Fsp3) is 0.300. The number of carboxylic acid groups (broad SMARTS) is 1. The Kier molecular flexibility index (Phi) is 5.60. The number of ether oxygens (including phenoxy) is 1. The van der Waals surface area contributed by atoms with E-state index in [-0.39, 0.29) is 35.1 Å². The molecular formula is C20H18F3N3O6S. The van der Waals surface area contributed by atoms with Crippen LogP contribution in [0.5, 0.6) is 5.75 Å². The van der Waals surface area contributed by atoms with Gasteiger partial charge in [0, 0.05) is 12.1 Å². The van der Waals surface area contributed by atoms with E-state index >= 15 is 0 Å². The molecular weight excluding hydrogens is 467 g/mol. The van der Waals surface area contributed by atoms with Gasteiger partial charge in [0.15, 0.2) is 0 Å². The molecule has 9 nitrogen and oxygen atoms in total. The largest absolute Gasteiger partial charge is 0.484 e. The van der Waals surface area contributed by atoms with Gasteiger partial charge in [-0.05, 0) is 42.5 Å². The number of anilines is 2. The van der Waals surface area contributed by atoms with Crippen molar-refractivity contribution in [3.8, 4) is 5.75 Å². The summed E-state index contributed by atoms with van der Waals surface area (Å²) in [7, 11) is -4.25. The van der Waals surface area contributed by atoms with Crippen molar-refractivity contribution in [2.75, 3.05) is 22.7 Å². The molecule has 1 heterocycles. The summed E-state index contributed by atoms with van der Waals surface area (Å²) in [5.41, 5.74) is 0.0914. The van der Waals surface area contributed by atoms with Crippen LogP contribution in [0.15, 0.2) is 47.4 Å². The van der Waals surface area contributed by atoms with Crippen LogP contribution in [0.1, 0.15) is 6.42 Å². The van der Waals surface area contributed by atoms with E-state index in [4.69, 9.17) is 9.84 Å². The van der Waals surface area contributed by atoms with Crippen LogP contribution in [-0.2, 0) is 14.8 Å². The summed E-state index contributed by atoms with van der Waals surface area (Å²) in [6, 6.07) is 8.05. The molecule has 33 heavy (non-hydrogen) atoms. The molecule has 0 spiro atoms. The van der Waals surface area contributed by atoms with Crippen LogP contribution < -0.4 is 19.7 Å². The predicted octanol–water partition coefficient (Wildman–Crippen LogP) is 2.64. The third kappa shape index (κ3) is 4.67. The number of amides is 2. The van der Waals surface area contributed by atoms with Gasteiger partial charge in [0.25, 0.3) is 15.9 Å². The van der Waals surface area contributed by atoms with Gasteiger partial charge in [-0.3, -0.25) is 14.4 Å². The van der Waals surface area contributed by atoms with Gasteiger partial charge < -0.3 is 15.2 Å². The number of nitrogens with one attached hydrogen (secondary N) is 2. The highest BCUT2D eigenvalue weighted by Gasteiger charge is 2.61. The summed E-state index contributed by atoms with van der Waals surface area (Å²) in [6.45, 7) is -0.556. The Bertz CT molecular complexity index is 1210. The number of carbonyl (C=O) groups excluding carboxylic acids is 1. The lowest BCUT2D eigenvalue weighted by atomic mass is 10.2. The molecule has 1 aliphatic heterocycles. The Hall–Kier alpha value is -3.48. The monoisotopic (exact) mass is 485 g/mol. The quantitative estimate of drug-likeness (QED) is 0.578. The van der Waals surface area contributed by atoms with Crippen molar-refractivity contribution >= 4 is 33.4 Å². The molecule has 1 saturated carbocycles. The maximum atomic E-state index is 13.3. The second-order valence-electron chi connectivity index (χ2n) is 7.61. The van der Waals surface area contributed by atoms with Crippen LogP contribution in [0.2, 0.25) is 0 Å². The number of alkyl halides is 2. The van der Waals surface area contributed by atoms with Gasteiger partial charge >= 0.3 is 6.09 Å². The van der Waals surface area contributed by atoms with E-state index in [1.165, 1.54) is 18.2 Å². The van der Waals surface area contributed by atoms with Gasteiger partial charge in [-0.25, -0.2) is 26.4 Å². The van der Waals surface area contributed by atoms with Crippen molar-refractivity contribution in [3.63, 3.8) is 0 Å². The van der Waals surface area contributed by atoms with Gasteiger partial charge in [-0.15, -0.1) is 0 Å². The fourth-order valence-corrected chi connectivity index (χ4v) is 4.91. The van der Waals surface area contributed by atoms with E-state index in [0.717, 1.165) is 28.6 Å². The third-order valence-electron chi connectivity index (χ3n) is 5.19. The lowest BCUT2D eigenvalue weighted by Crippen LogP contribution is -2.48. The summed E-state index contributed by atoms with van der Waals surface area (Å²) in [5.74, 6) is -5.89. The molecule has 0 radical (unpaired) electrons. The number of benzene rings is 2. The topological polar surface area (TPSA) is 125 Å². The fourth-order valence-electron chi connectivity index (χ4n) is 3.42. The Balaban J connectivity index is 1.63. The molecule has 2 aromatic carbocycles. The number of halogens is 3. The Morgan fingerprint density at radius 3 is 2.45 bits per heavy atom. The highest BCUT2D eigenvalue weighted by atomic mass is 32.2. The van der Waals surface area contributed by atoms with E-state index in [2.05, 4.69) is 10.6 Å². The summed E-state index contributed by atoms with van der Waals surface area (Å²) < 4.78 is 72.8. The molecule has 4 rings (SSSR count). The van der Waals surface area contributed by atoms with Crippen molar-refractivity contribution in [1.82, 2.24) is 5.32 Å². The molecule has 0 saturated heterocycles. The zero-order valence-corrected chi connectivity index (χ0v) is 17.6. The molecule has 2 atom stereocenters. The first-order valence-corrected chi connectivity index (χ1v) is 11.2. The summed E-state index contributed by atoms with van der Waals surface area (Å²) in [6.07, 6.45) is -2.84. The molecule has 176 valence electrons. The molecule has 2 aliphatic rings. The van der Waals surface area contributed by atoms with Crippen LogP contribution >= 0.6 is 0 Å². The van der Waals surface area contributed by atoms with E-state index in [9.17, 15) is 31.2 Å². The number of carbonyl (C=O) groups is 2. The van der Waals surface area contributed by atoms with E-state index in [1.807, 2.05) is 0 Å². The standard InChI is InChI=1S/C20H18F3N3O6S/c21-11-1-4-14(5-2-11)33(30,31)26-10-13(9-24-18(27)15-8-20(15,22)23)32-17-6-3-12(7-16(17)26)25-19(28)29/h1-7,13,15,25H,8-10H2,(H,24,27)(H,28,29)/t13-,15?/m0/s1. The van der Waals surface area contributed by atoms with Gasteiger partial charge in [0.2, 0.25) is 5.91 Å². The molecule has 2 aromatic rings. The third-order valence-corrected chi connectivity index (χ3v) is 6.98. The average Bonchev–Trinajstić information content (AvgIpc) is 3.39. The van der Waals surface area contributed by atoms with E-state index in [1.54, 1.807) is 0 Å². The van der Waals surface area contributed by atoms with Crippen LogP contribution in [0, 0.1) is 11.7 Å². The Morgan fingerprint density at radius 2 is 1.85 bits per heavy atom. The molecule has 2 amide bonds. The highest BCUT2D eigenvalue weighted by Crippen LogP contribution is 2.48. The first-order chi connectivity index (χ1) is 15.5. The number of hydrogen-bond donors (Lipinski definition) is 3. The molecule has 0 aromatic heterocycles. The average molecular weight is 485 g/mol. The Morgan fingerprint density at radius 1 is 1.18 bits per heavy atom. The summed E-state index contributed by atoms with van der Waals surface area (Å²) in [4.78, 5) is 22.7. The molecule has 1 aliphatic carbocycles. The molecule has 3 N–H and O–H groups in total. The maximum Gasteiger partial charge on any atom is 0.409 e. The molecule has 1 fully saturated rings. The number of fused-ring (bicyclic) bond motifs is 1. The molecule has 13 heteroatoms. The van der Waals surface area contributed by atoms with Crippen molar-refractivity contribution in [1.29, 1.82) is 0 Å². The first-order valence-electron chi connectivity index (χ1n) is 9.72. The number of hydrogen-bond acceptors (Lipinski definition) is 5. The summed E-state index contributed by atoms with van der Waals surface area (Å²) in [5, 5.41) is 13.4. The van der Waals surface area contributed by atoms with Crippen molar-refractivity contribution in [2.45, 2.75) is 23.3 Å². The van der Waals surface area contributed by atoms with Gasteiger partial charge in [0.1, 0.15) is 23.6 Å². The smallest absolute Gasteiger partial charge is 0.409 e. The minimum Gasteiger partial charge on any atom is -0.484 e. The maximum absolute atomic E-state index is 13.3. The second kappa shape index (κ2) is 8.14. The number of nitrogens with zero attached hydrogens (tertiary/aromatic N) is 1. The lowest BCUT2D eigenvalue weighted by Gasteiger charge is -2.35. The van der Waals surface area contributed by atoms with Gasteiger partial charge in [0.05, 0.1) is 23.7 Å². The number of rotatable bonds is 6. The summed E-state index contributed by atoms with van der Waals surface area (Å²) >= 11 is 0. The van der Waals surface area contributed by atoms with Crippen molar-refractivity contribution in [3.05, 3.63) is 48.3 Å². The van der Waals surface area contributed by atoms with Crippen LogP contribution in [0.3, 0.4) is 0 Å². The highest BCUT2D eigenvalue weighted by molar-refractivity contribution is 7.92. The molecule has 1 unspecified atom stereocenters. The zero-order valence-electron chi connectivity index (χ0n) is 16.8. The van der Waals surface area contributed by atoms with Gasteiger partial charge in [-0.1, -0.05) is 0 Å². The SMILES string of the molecule is O=C(O)Nc1ccc2c(c1)N(S(=O)(=O)c1ccc(F)cc1)C[C@H](CNC(=O)C1CC1(F)F)O2. The van der Waals surface area contributed by atoms with E-state index < -0.39 is 52.2 Å². The van der Waals surface area contributed by atoms with Crippen LogP contribution in [0.4, 0.5) is 29.3 Å². The first kappa shape index (κ1) is 22.7. The minimum atomic E-state index is -4.25. The lowest BCUT2D eigenvalue weighted by molar-refractivity contribution is -0.124. The molecule has 0 bridgehead atoms.